The summed E-state index contributed by atoms with van der Waals surface area (Å²) in [5.74, 6) is 0. The smallest absolute Gasteiger partial charge is 0.0486 e. The van der Waals surface area contributed by atoms with Gasteiger partial charge < -0.3 is 16.0 Å². The second kappa shape index (κ2) is 4.28. The molecule has 1 atom stereocenters. The summed E-state index contributed by atoms with van der Waals surface area (Å²) in [5.41, 5.74) is 14.1. The summed E-state index contributed by atoms with van der Waals surface area (Å²) in [5, 5.41) is 1.22. The summed E-state index contributed by atoms with van der Waals surface area (Å²) in [6.45, 7) is 4.82. The topological polar surface area (TPSA) is 57.0 Å². The molecular weight excluding hydrogens is 198 g/mol. The summed E-state index contributed by atoms with van der Waals surface area (Å²) in [6.07, 6.45) is 2.13. The van der Waals surface area contributed by atoms with Crippen molar-refractivity contribution in [2.45, 2.75) is 25.9 Å². The minimum Gasteiger partial charge on any atom is -0.345 e. The van der Waals surface area contributed by atoms with Crippen LogP contribution in [0.1, 0.15) is 31.5 Å². The minimum absolute atomic E-state index is 0.0788. The Kier molecular flexibility index (Phi) is 2.99. The molecule has 16 heavy (non-hydrogen) atoms. The predicted octanol–water partition coefficient (Wildman–Crippen LogP) is 2.18. The van der Waals surface area contributed by atoms with Gasteiger partial charge in [-0.05, 0) is 25.5 Å². The Balaban J connectivity index is 2.66. The van der Waals surface area contributed by atoms with Gasteiger partial charge in [0, 0.05) is 35.7 Å². The average Bonchev–Trinajstić information content (AvgIpc) is 2.67. The fraction of sp³-hybridized carbons (Fsp3) is 0.385. The van der Waals surface area contributed by atoms with Crippen molar-refractivity contribution in [3.05, 3.63) is 36.0 Å². The maximum atomic E-state index is 6.04. The van der Waals surface area contributed by atoms with Crippen LogP contribution in [-0.2, 0) is 0 Å². The van der Waals surface area contributed by atoms with Crippen LogP contribution in [0.4, 0.5) is 0 Å². The fourth-order valence-electron chi connectivity index (χ4n) is 2.08. The van der Waals surface area contributed by atoms with Crippen LogP contribution in [0.3, 0.4) is 0 Å². The zero-order chi connectivity index (χ0) is 11.7. The number of benzene rings is 1. The summed E-state index contributed by atoms with van der Waals surface area (Å²) in [6, 6.07) is 8.69. The highest BCUT2D eigenvalue weighted by molar-refractivity contribution is 5.84. The van der Waals surface area contributed by atoms with Crippen LogP contribution >= 0.6 is 0 Å². The summed E-state index contributed by atoms with van der Waals surface area (Å²) in [4.78, 5) is 0. The molecule has 3 heteroatoms. The summed E-state index contributed by atoms with van der Waals surface area (Å²) in [7, 11) is 0. The van der Waals surface area contributed by atoms with Crippen molar-refractivity contribution in [3.63, 3.8) is 0 Å². The van der Waals surface area contributed by atoms with E-state index in [2.05, 4.69) is 42.8 Å². The molecule has 0 radical (unpaired) electrons. The first-order valence-corrected chi connectivity index (χ1v) is 5.70. The highest BCUT2D eigenvalue weighted by Gasteiger charge is 2.14. The van der Waals surface area contributed by atoms with Gasteiger partial charge in [-0.1, -0.05) is 18.2 Å². The van der Waals surface area contributed by atoms with Crippen molar-refractivity contribution in [2.75, 3.05) is 6.54 Å². The summed E-state index contributed by atoms with van der Waals surface area (Å²) < 4.78 is 2.25. The molecule has 0 fully saturated rings. The van der Waals surface area contributed by atoms with Crippen LogP contribution in [0.15, 0.2) is 30.5 Å². The molecule has 0 aliphatic rings. The normalized spacial score (nSPS) is 13.6. The van der Waals surface area contributed by atoms with Crippen molar-refractivity contribution >= 4 is 10.9 Å². The molecule has 1 heterocycles. The van der Waals surface area contributed by atoms with Crippen molar-refractivity contribution in [1.82, 2.24) is 4.57 Å². The number of rotatable bonds is 3. The number of hydrogen-bond donors (Lipinski definition) is 2. The number of para-hydroxylation sites is 1. The van der Waals surface area contributed by atoms with Gasteiger partial charge in [-0.3, -0.25) is 0 Å². The third-order valence-electron chi connectivity index (χ3n) is 2.98. The summed E-state index contributed by atoms with van der Waals surface area (Å²) >= 11 is 0. The van der Waals surface area contributed by atoms with Gasteiger partial charge >= 0.3 is 0 Å². The van der Waals surface area contributed by atoms with Gasteiger partial charge in [0.15, 0.2) is 0 Å². The molecule has 0 aliphatic carbocycles. The lowest BCUT2D eigenvalue weighted by atomic mass is 10.1. The third kappa shape index (κ3) is 1.72. The molecule has 0 bridgehead atoms. The lowest BCUT2D eigenvalue weighted by molar-refractivity contribution is 0.616. The van der Waals surface area contributed by atoms with Crippen LogP contribution in [0, 0.1) is 0 Å². The zero-order valence-electron chi connectivity index (χ0n) is 9.85. The Bertz CT molecular complexity index is 485. The zero-order valence-corrected chi connectivity index (χ0v) is 9.85. The van der Waals surface area contributed by atoms with Gasteiger partial charge in [0.25, 0.3) is 0 Å². The first-order valence-electron chi connectivity index (χ1n) is 5.70. The lowest BCUT2D eigenvalue weighted by Crippen LogP contribution is -2.20. The van der Waals surface area contributed by atoms with Crippen LogP contribution in [0.25, 0.3) is 10.9 Å². The van der Waals surface area contributed by atoms with E-state index in [4.69, 9.17) is 11.5 Å². The Morgan fingerprint density at radius 1 is 1.25 bits per heavy atom. The Morgan fingerprint density at radius 3 is 2.56 bits per heavy atom. The van der Waals surface area contributed by atoms with E-state index in [1.165, 1.54) is 10.9 Å². The average molecular weight is 217 g/mol. The molecule has 3 nitrogen and oxygen atoms in total. The Hall–Kier alpha value is -1.32. The molecule has 0 saturated carbocycles. The van der Waals surface area contributed by atoms with Crippen LogP contribution in [0.5, 0.6) is 0 Å². The molecule has 1 unspecified atom stereocenters. The predicted molar refractivity (Wildman–Crippen MR) is 68.3 cm³/mol. The number of nitrogens with zero attached hydrogens (tertiary/aromatic N) is 1. The molecule has 2 aromatic rings. The van der Waals surface area contributed by atoms with Crippen molar-refractivity contribution < 1.29 is 0 Å². The molecule has 2 rings (SSSR count). The van der Waals surface area contributed by atoms with Crippen LogP contribution in [-0.4, -0.2) is 11.1 Å². The standard InChI is InChI=1S/C13H19N3/c1-9(2)16-8-11(12(15)7-14)10-5-3-4-6-13(10)16/h3-6,8-9,12H,7,14-15H2,1-2H3. The maximum Gasteiger partial charge on any atom is 0.0486 e. The molecule has 0 spiro atoms. The van der Waals surface area contributed by atoms with Gasteiger partial charge in [-0.15, -0.1) is 0 Å². The Labute approximate surface area is 96.0 Å². The van der Waals surface area contributed by atoms with Gasteiger partial charge in [0.2, 0.25) is 0 Å². The van der Waals surface area contributed by atoms with E-state index < -0.39 is 0 Å². The van der Waals surface area contributed by atoms with Gasteiger partial charge in [0.05, 0.1) is 0 Å². The largest absolute Gasteiger partial charge is 0.345 e. The van der Waals surface area contributed by atoms with Crippen molar-refractivity contribution in [3.8, 4) is 0 Å². The fourth-order valence-corrected chi connectivity index (χ4v) is 2.08. The molecule has 0 saturated heterocycles. The van der Waals surface area contributed by atoms with E-state index >= 15 is 0 Å². The van der Waals surface area contributed by atoms with Gasteiger partial charge in [0.1, 0.15) is 0 Å². The van der Waals surface area contributed by atoms with E-state index in [9.17, 15) is 0 Å². The second-order valence-corrected chi connectivity index (χ2v) is 4.44. The van der Waals surface area contributed by atoms with Crippen molar-refractivity contribution in [1.29, 1.82) is 0 Å². The second-order valence-electron chi connectivity index (χ2n) is 4.44. The number of hydrogen-bond acceptors (Lipinski definition) is 2. The molecule has 0 amide bonds. The maximum absolute atomic E-state index is 6.04. The molecule has 0 aliphatic heterocycles. The lowest BCUT2D eigenvalue weighted by Gasteiger charge is -2.08. The van der Waals surface area contributed by atoms with E-state index in [1.54, 1.807) is 0 Å². The number of nitrogens with two attached hydrogens (primary N) is 2. The molecule has 86 valence electrons. The van der Waals surface area contributed by atoms with Gasteiger partial charge in [-0.2, -0.15) is 0 Å². The first-order chi connectivity index (χ1) is 7.65. The number of aromatic nitrogens is 1. The minimum atomic E-state index is -0.0788. The van der Waals surface area contributed by atoms with Gasteiger partial charge in [-0.25, -0.2) is 0 Å². The SMILES string of the molecule is CC(C)n1cc(C(N)CN)c2ccccc21. The third-order valence-corrected chi connectivity index (χ3v) is 2.98. The quantitative estimate of drug-likeness (QED) is 0.828. The van der Waals surface area contributed by atoms with Crippen molar-refractivity contribution in [2.24, 2.45) is 11.5 Å². The molecule has 1 aromatic heterocycles. The van der Waals surface area contributed by atoms with E-state index in [1.807, 2.05) is 6.07 Å². The van der Waals surface area contributed by atoms with Crippen LogP contribution < -0.4 is 11.5 Å². The number of fused-ring (bicyclic) bond motifs is 1. The van der Waals surface area contributed by atoms with Crippen LogP contribution in [0.2, 0.25) is 0 Å². The van der Waals surface area contributed by atoms with E-state index in [-0.39, 0.29) is 6.04 Å². The van der Waals surface area contributed by atoms with E-state index in [0.717, 1.165) is 5.56 Å². The molecule has 4 N–H and O–H groups in total. The Morgan fingerprint density at radius 2 is 1.94 bits per heavy atom. The monoisotopic (exact) mass is 217 g/mol. The first kappa shape index (κ1) is 11.2. The highest BCUT2D eigenvalue weighted by atomic mass is 15.0. The molecular formula is C13H19N3. The highest BCUT2D eigenvalue weighted by Crippen LogP contribution is 2.27. The van der Waals surface area contributed by atoms with E-state index in [0.29, 0.717) is 12.6 Å². The molecule has 1 aromatic carbocycles.